The van der Waals surface area contributed by atoms with Gasteiger partial charge in [-0.1, -0.05) is 17.8 Å². The number of rotatable bonds is 4. The summed E-state index contributed by atoms with van der Waals surface area (Å²) in [5, 5.41) is 1.54. The number of nitrogens with zero attached hydrogens (tertiary/aromatic N) is 3. The molecule has 3 aromatic heterocycles. The van der Waals surface area contributed by atoms with Crippen LogP contribution in [0.5, 0.6) is 0 Å². The van der Waals surface area contributed by atoms with E-state index in [-0.39, 0.29) is 5.82 Å². The first-order valence-electron chi connectivity index (χ1n) is 7.87. The van der Waals surface area contributed by atoms with Gasteiger partial charge >= 0.3 is 0 Å². The van der Waals surface area contributed by atoms with E-state index in [1.807, 2.05) is 6.92 Å². The summed E-state index contributed by atoms with van der Waals surface area (Å²) < 4.78 is 18.8. The first-order chi connectivity index (χ1) is 12.5. The zero-order valence-electron chi connectivity index (χ0n) is 14.1. The van der Waals surface area contributed by atoms with E-state index >= 15 is 0 Å². The highest BCUT2D eigenvalue weighted by Crippen LogP contribution is 2.34. The number of benzene rings is 1. The van der Waals surface area contributed by atoms with Gasteiger partial charge in [0.1, 0.15) is 22.7 Å². The fraction of sp³-hybridized carbons (Fsp3) is 0.167. The first kappa shape index (κ1) is 17.0. The molecule has 132 valence electrons. The summed E-state index contributed by atoms with van der Waals surface area (Å²) in [5.74, 6) is 1.10. The Bertz CT molecular complexity index is 1110. The van der Waals surface area contributed by atoms with Gasteiger partial charge in [0, 0.05) is 16.2 Å². The van der Waals surface area contributed by atoms with Crippen molar-refractivity contribution in [3.63, 3.8) is 0 Å². The van der Waals surface area contributed by atoms with Gasteiger partial charge in [-0.3, -0.25) is 0 Å². The minimum Gasteiger partial charge on any atom is -0.444 e. The molecule has 0 aliphatic rings. The molecule has 0 unspecified atom stereocenters. The van der Waals surface area contributed by atoms with E-state index in [2.05, 4.69) is 21.9 Å². The fourth-order valence-corrected chi connectivity index (χ4v) is 4.41. The summed E-state index contributed by atoms with van der Waals surface area (Å²) >= 11 is 3.05. The molecule has 4 rings (SSSR count). The third kappa shape index (κ3) is 3.17. The van der Waals surface area contributed by atoms with Gasteiger partial charge in [0.25, 0.3) is 0 Å². The van der Waals surface area contributed by atoms with Crippen molar-refractivity contribution in [2.24, 2.45) is 0 Å². The van der Waals surface area contributed by atoms with Gasteiger partial charge in [0.15, 0.2) is 5.16 Å². The highest BCUT2D eigenvalue weighted by molar-refractivity contribution is 7.98. The number of nitrogen functional groups attached to an aromatic ring is 1. The molecule has 4 aromatic rings. The molecule has 0 radical (unpaired) electrons. The molecular weight excluding hydrogens is 371 g/mol. The molecule has 3 heterocycles. The van der Waals surface area contributed by atoms with E-state index < -0.39 is 0 Å². The molecular formula is C18H15FN4OS2. The van der Waals surface area contributed by atoms with Crippen molar-refractivity contribution < 1.29 is 8.81 Å². The third-order valence-electron chi connectivity index (χ3n) is 4.01. The van der Waals surface area contributed by atoms with E-state index in [0.717, 1.165) is 21.5 Å². The maximum absolute atomic E-state index is 13.3. The lowest BCUT2D eigenvalue weighted by molar-refractivity contribution is 0.571. The Hall–Kier alpha value is -2.45. The van der Waals surface area contributed by atoms with Crippen LogP contribution in [0.25, 0.3) is 21.7 Å². The van der Waals surface area contributed by atoms with Gasteiger partial charge in [0.05, 0.1) is 11.1 Å². The summed E-state index contributed by atoms with van der Waals surface area (Å²) in [7, 11) is 0. The number of halogens is 1. The van der Waals surface area contributed by atoms with E-state index in [1.165, 1.54) is 28.8 Å². The van der Waals surface area contributed by atoms with Crippen LogP contribution >= 0.6 is 23.1 Å². The largest absolute Gasteiger partial charge is 0.444 e. The van der Waals surface area contributed by atoms with Crippen LogP contribution in [0.2, 0.25) is 0 Å². The quantitative estimate of drug-likeness (QED) is 0.394. The number of fused-ring (bicyclic) bond motifs is 1. The Morgan fingerprint density at radius 3 is 2.88 bits per heavy atom. The average Bonchev–Trinajstić information content (AvgIpc) is 3.18. The normalized spacial score (nSPS) is 11.3. The Morgan fingerprint density at radius 1 is 1.23 bits per heavy atom. The zero-order chi connectivity index (χ0) is 18.3. The molecule has 2 N–H and O–H groups in total. The molecule has 0 saturated heterocycles. The molecule has 5 nitrogen and oxygen atoms in total. The van der Waals surface area contributed by atoms with Gasteiger partial charge in [-0.15, -0.1) is 11.3 Å². The molecule has 0 aliphatic heterocycles. The van der Waals surface area contributed by atoms with Crippen LogP contribution in [0, 0.1) is 19.7 Å². The van der Waals surface area contributed by atoms with E-state index in [0.29, 0.717) is 28.2 Å². The fourth-order valence-electron chi connectivity index (χ4n) is 2.59. The molecule has 1 aromatic carbocycles. The molecule has 0 atom stereocenters. The number of oxazole rings is 1. The number of hydrogen-bond donors (Lipinski definition) is 1. The Kier molecular flexibility index (Phi) is 4.37. The van der Waals surface area contributed by atoms with Crippen molar-refractivity contribution in [1.29, 1.82) is 0 Å². The summed E-state index contributed by atoms with van der Waals surface area (Å²) in [6.45, 7) is 4.08. The highest BCUT2D eigenvalue weighted by atomic mass is 32.2. The van der Waals surface area contributed by atoms with Crippen molar-refractivity contribution in [2.45, 2.75) is 24.8 Å². The second kappa shape index (κ2) is 6.69. The summed E-state index contributed by atoms with van der Waals surface area (Å²) in [4.78, 5) is 15.5. The maximum atomic E-state index is 13.3. The lowest BCUT2D eigenvalue weighted by atomic mass is 10.2. The van der Waals surface area contributed by atoms with Crippen LogP contribution in [0.4, 0.5) is 10.2 Å². The number of aromatic nitrogens is 3. The molecule has 0 aliphatic carbocycles. The highest BCUT2D eigenvalue weighted by Gasteiger charge is 2.14. The Labute approximate surface area is 157 Å². The van der Waals surface area contributed by atoms with E-state index in [4.69, 9.17) is 10.2 Å². The monoisotopic (exact) mass is 386 g/mol. The Balaban J connectivity index is 1.54. The van der Waals surface area contributed by atoms with Gasteiger partial charge in [-0.25, -0.2) is 19.3 Å². The van der Waals surface area contributed by atoms with Crippen LogP contribution in [-0.4, -0.2) is 15.0 Å². The van der Waals surface area contributed by atoms with Crippen LogP contribution in [0.15, 0.2) is 40.1 Å². The van der Waals surface area contributed by atoms with Gasteiger partial charge < -0.3 is 10.2 Å². The van der Waals surface area contributed by atoms with Crippen LogP contribution < -0.4 is 5.73 Å². The molecule has 8 heteroatoms. The summed E-state index contributed by atoms with van der Waals surface area (Å²) in [5.41, 5.74) is 8.58. The smallest absolute Gasteiger partial charge is 0.226 e. The minimum absolute atomic E-state index is 0.324. The van der Waals surface area contributed by atoms with Crippen LogP contribution in [-0.2, 0) is 5.75 Å². The van der Waals surface area contributed by atoms with E-state index in [1.54, 1.807) is 29.7 Å². The second-order valence-corrected chi connectivity index (χ2v) is 7.94. The summed E-state index contributed by atoms with van der Waals surface area (Å²) in [6, 6.07) is 6.15. The minimum atomic E-state index is -0.324. The molecule has 0 amide bonds. The van der Waals surface area contributed by atoms with Crippen molar-refractivity contribution in [3.8, 4) is 11.5 Å². The number of hydrogen-bond acceptors (Lipinski definition) is 7. The number of aryl methyl sites for hydroxylation is 2. The number of nitrogens with two attached hydrogens (primary N) is 1. The molecule has 0 fully saturated rings. The van der Waals surface area contributed by atoms with Gasteiger partial charge in [-0.2, -0.15) is 0 Å². The number of thioether (sulfide) groups is 1. The zero-order valence-corrected chi connectivity index (χ0v) is 15.7. The number of thiophene rings is 1. The first-order valence-corrected chi connectivity index (χ1v) is 9.68. The van der Waals surface area contributed by atoms with Crippen LogP contribution in [0.3, 0.4) is 0 Å². The molecule has 0 spiro atoms. The predicted molar refractivity (Wildman–Crippen MR) is 103 cm³/mol. The predicted octanol–water partition coefficient (Wildman–Crippen LogP) is 4.98. The molecule has 0 saturated carbocycles. The lowest BCUT2D eigenvalue weighted by Crippen LogP contribution is -1.96. The van der Waals surface area contributed by atoms with E-state index in [9.17, 15) is 4.39 Å². The van der Waals surface area contributed by atoms with Crippen molar-refractivity contribution in [1.82, 2.24) is 15.0 Å². The van der Waals surface area contributed by atoms with Crippen molar-refractivity contribution in [2.75, 3.05) is 5.73 Å². The lowest BCUT2D eigenvalue weighted by Gasteiger charge is -2.01. The standard InChI is InChI=1S/C18H15FN4OS2/c1-9-10(2)26-17-14(9)15(20)22-18(23-17)25-8-13-7-24-16(21-13)11-4-3-5-12(19)6-11/h3-7H,8H2,1-2H3,(H2,20,22,23). The van der Waals surface area contributed by atoms with Crippen molar-refractivity contribution in [3.05, 3.63) is 52.5 Å². The third-order valence-corrected chi connectivity index (χ3v) is 5.99. The van der Waals surface area contributed by atoms with Gasteiger partial charge in [-0.05, 0) is 37.6 Å². The average molecular weight is 386 g/mol. The Morgan fingerprint density at radius 2 is 2.08 bits per heavy atom. The number of anilines is 1. The second-order valence-electron chi connectivity index (χ2n) is 5.80. The van der Waals surface area contributed by atoms with Crippen LogP contribution in [0.1, 0.15) is 16.1 Å². The van der Waals surface area contributed by atoms with Gasteiger partial charge in [0.2, 0.25) is 5.89 Å². The SMILES string of the molecule is Cc1sc2nc(SCc3coc(-c4cccc(F)c4)n3)nc(N)c2c1C. The topological polar surface area (TPSA) is 77.8 Å². The maximum Gasteiger partial charge on any atom is 0.226 e. The molecule has 0 bridgehead atoms. The molecule has 26 heavy (non-hydrogen) atoms. The summed E-state index contributed by atoms with van der Waals surface area (Å²) in [6.07, 6.45) is 1.56. The van der Waals surface area contributed by atoms with Crippen molar-refractivity contribution >= 4 is 39.1 Å².